The van der Waals surface area contributed by atoms with E-state index in [4.69, 9.17) is 5.21 Å². The van der Waals surface area contributed by atoms with E-state index in [0.29, 0.717) is 13.1 Å². The molecule has 1 aliphatic rings. The highest BCUT2D eigenvalue weighted by molar-refractivity contribution is 7.90. The summed E-state index contributed by atoms with van der Waals surface area (Å²) in [6.45, 7) is 5.07. The molecule has 3 rings (SSSR count). The SMILES string of the molecule is Cc1ccc(S(=O)(=O)NC(=O)N(CCN2CCCCC2)Cc2ccc(/C=C/C(=O)NO)s2)cc1. The van der Waals surface area contributed by atoms with E-state index >= 15 is 0 Å². The summed E-state index contributed by atoms with van der Waals surface area (Å²) in [4.78, 5) is 29.7. The summed E-state index contributed by atoms with van der Waals surface area (Å²) in [6, 6.07) is 9.27. The van der Waals surface area contributed by atoms with Gasteiger partial charge in [0, 0.05) is 28.9 Å². The monoisotopic (exact) mass is 506 g/mol. The standard InChI is InChI=1S/C23H30N4O5S2/c1-18-5-10-21(11-6-18)34(31,32)25-23(29)27(16-15-26-13-3-2-4-14-26)17-20-8-7-19(33-20)9-12-22(28)24-30/h5-12,30H,2-4,13-17H2,1H3,(H,24,28)(H,25,29)/b12-9+. The minimum atomic E-state index is -4.00. The fourth-order valence-electron chi connectivity index (χ4n) is 3.61. The predicted molar refractivity (Wildman–Crippen MR) is 131 cm³/mol. The molecule has 0 atom stereocenters. The predicted octanol–water partition coefficient (Wildman–Crippen LogP) is 2.96. The number of hydrogen-bond donors (Lipinski definition) is 3. The maximum atomic E-state index is 13.1. The lowest BCUT2D eigenvalue weighted by atomic mass is 10.1. The molecule has 0 spiro atoms. The number of nitrogens with zero attached hydrogens (tertiary/aromatic N) is 2. The number of carbonyl (C=O) groups is 2. The Hall–Kier alpha value is -2.73. The van der Waals surface area contributed by atoms with Crippen LogP contribution in [0.1, 0.15) is 34.6 Å². The van der Waals surface area contributed by atoms with Crippen LogP contribution in [0.2, 0.25) is 0 Å². The van der Waals surface area contributed by atoms with Gasteiger partial charge in [-0.3, -0.25) is 10.0 Å². The van der Waals surface area contributed by atoms with Crippen molar-refractivity contribution in [1.29, 1.82) is 0 Å². The lowest BCUT2D eigenvalue weighted by molar-refractivity contribution is -0.124. The third-order valence-corrected chi connectivity index (χ3v) is 7.88. The molecule has 1 aromatic heterocycles. The van der Waals surface area contributed by atoms with Crippen molar-refractivity contribution in [2.45, 2.75) is 37.6 Å². The number of urea groups is 1. The highest BCUT2D eigenvalue weighted by Gasteiger charge is 2.23. The van der Waals surface area contributed by atoms with E-state index in [1.54, 1.807) is 24.3 Å². The highest BCUT2D eigenvalue weighted by atomic mass is 32.2. The topological polar surface area (TPSA) is 119 Å². The van der Waals surface area contributed by atoms with E-state index in [-0.39, 0.29) is 11.4 Å². The second kappa shape index (κ2) is 12.1. The summed E-state index contributed by atoms with van der Waals surface area (Å²) >= 11 is 1.38. The van der Waals surface area contributed by atoms with Crippen molar-refractivity contribution in [3.05, 3.63) is 57.8 Å². The van der Waals surface area contributed by atoms with Gasteiger partial charge in [0.05, 0.1) is 11.4 Å². The Morgan fingerprint density at radius 3 is 2.50 bits per heavy atom. The molecular weight excluding hydrogens is 476 g/mol. The minimum absolute atomic E-state index is 0.0353. The first kappa shape index (κ1) is 25.9. The van der Waals surface area contributed by atoms with Gasteiger partial charge in [0.2, 0.25) is 0 Å². The number of amides is 3. The lowest BCUT2D eigenvalue weighted by Gasteiger charge is -2.30. The molecule has 184 valence electrons. The number of sulfonamides is 1. The molecule has 0 aliphatic carbocycles. The van der Waals surface area contributed by atoms with Gasteiger partial charge in [-0.15, -0.1) is 11.3 Å². The zero-order valence-electron chi connectivity index (χ0n) is 19.1. The van der Waals surface area contributed by atoms with Crippen molar-refractivity contribution in [3.63, 3.8) is 0 Å². The molecule has 1 saturated heterocycles. The summed E-state index contributed by atoms with van der Waals surface area (Å²) in [7, 11) is -4.00. The molecule has 0 bridgehead atoms. The summed E-state index contributed by atoms with van der Waals surface area (Å²) in [6.07, 6.45) is 6.20. The molecule has 1 aliphatic heterocycles. The summed E-state index contributed by atoms with van der Waals surface area (Å²) in [5, 5.41) is 8.60. The molecule has 0 radical (unpaired) electrons. The van der Waals surface area contributed by atoms with Crippen LogP contribution in [0.25, 0.3) is 6.08 Å². The first-order valence-corrected chi connectivity index (χ1v) is 13.4. The number of benzene rings is 1. The average Bonchev–Trinajstić information content (AvgIpc) is 3.28. The number of thiophene rings is 1. The van der Waals surface area contributed by atoms with Crippen molar-refractivity contribution in [2.75, 3.05) is 26.2 Å². The number of hydrogen-bond acceptors (Lipinski definition) is 7. The van der Waals surface area contributed by atoms with E-state index in [2.05, 4.69) is 9.62 Å². The van der Waals surface area contributed by atoms with Crippen LogP contribution in [-0.4, -0.2) is 61.5 Å². The Kier molecular flexibility index (Phi) is 9.22. The molecule has 2 aromatic rings. The number of nitrogens with one attached hydrogen (secondary N) is 2. The zero-order valence-corrected chi connectivity index (χ0v) is 20.7. The maximum Gasteiger partial charge on any atom is 0.331 e. The van der Waals surface area contributed by atoms with Gasteiger partial charge in [-0.05, 0) is 63.2 Å². The molecule has 0 saturated carbocycles. The smallest absolute Gasteiger partial charge is 0.318 e. The van der Waals surface area contributed by atoms with E-state index in [1.807, 2.05) is 13.0 Å². The van der Waals surface area contributed by atoms with Crippen molar-refractivity contribution in [1.82, 2.24) is 20.0 Å². The molecule has 3 N–H and O–H groups in total. The van der Waals surface area contributed by atoms with Gasteiger partial charge in [-0.1, -0.05) is 24.1 Å². The fourth-order valence-corrected chi connectivity index (χ4v) is 5.51. The van der Waals surface area contributed by atoms with Gasteiger partial charge < -0.3 is 9.80 Å². The second-order valence-corrected chi connectivity index (χ2v) is 11.0. The number of carbonyl (C=O) groups excluding carboxylic acids is 2. The molecule has 1 fully saturated rings. The Morgan fingerprint density at radius 1 is 1.12 bits per heavy atom. The molecule has 0 unspecified atom stereocenters. The van der Waals surface area contributed by atoms with Gasteiger partial charge in [0.15, 0.2) is 0 Å². The molecule has 9 nitrogen and oxygen atoms in total. The van der Waals surface area contributed by atoms with Crippen LogP contribution in [0.3, 0.4) is 0 Å². The van der Waals surface area contributed by atoms with Gasteiger partial charge >= 0.3 is 6.03 Å². The second-order valence-electron chi connectivity index (χ2n) is 8.16. The van der Waals surface area contributed by atoms with Crippen LogP contribution in [0.5, 0.6) is 0 Å². The van der Waals surface area contributed by atoms with Crippen molar-refractivity contribution in [2.24, 2.45) is 0 Å². The molecule has 3 amide bonds. The van der Waals surface area contributed by atoms with E-state index in [1.165, 1.54) is 46.3 Å². The number of aryl methyl sites for hydroxylation is 1. The summed E-state index contributed by atoms with van der Waals surface area (Å²) < 4.78 is 27.7. The Bertz CT molecular complexity index is 1110. The van der Waals surface area contributed by atoms with Crippen molar-refractivity contribution >= 4 is 39.4 Å². The van der Waals surface area contributed by atoms with Crippen LogP contribution >= 0.6 is 11.3 Å². The largest absolute Gasteiger partial charge is 0.331 e. The van der Waals surface area contributed by atoms with E-state index in [0.717, 1.165) is 41.2 Å². The first-order valence-electron chi connectivity index (χ1n) is 11.1. The van der Waals surface area contributed by atoms with Crippen LogP contribution in [0, 0.1) is 6.92 Å². The van der Waals surface area contributed by atoms with Crippen LogP contribution < -0.4 is 10.2 Å². The number of hydroxylamine groups is 1. The van der Waals surface area contributed by atoms with Crippen LogP contribution in [-0.2, 0) is 21.4 Å². The number of likely N-dealkylation sites (tertiary alicyclic amines) is 1. The van der Waals surface area contributed by atoms with Gasteiger partial charge in [-0.2, -0.15) is 0 Å². The molecule has 2 heterocycles. The summed E-state index contributed by atoms with van der Waals surface area (Å²) in [5.74, 6) is -0.640. The number of piperidine rings is 1. The third-order valence-electron chi connectivity index (χ3n) is 5.51. The third kappa shape index (κ3) is 7.66. The molecule has 11 heteroatoms. The Morgan fingerprint density at radius 2 is 1.82 bits per heavy atom. The van der Waals surface area contributed by atoms with E-state index < -0.39 is 22.0 Å². The molecule has 34 heavy (non-hydrogen) atoms. The number of rotatable bonds is 9. The molecular formula is C23H30N4O5S2. The lowest BCUT2D eigenvalue weighted by Crippen LogP contribution is -2.46. The Balaban J connectivity index is 1.72. The Labute approximate surface area is 204 Å². The van der Waals surface area contributed by atoms with Crippen LogP contribution in [0.4, 0.5) is 4.79 Å². The maximum absolute atomic E-state index is 13.1. The minimum Gasteiger partial charge on any atom is -0.318 e. The van der Waals surface area contributed by atoms with Crippen LogP contribution in [0.15, 0.2) is 47.4 Å². The van der Waals surface area contributed by atoms with E-state index in [9.17, 15) is 18.0 Å². The summed E-state index contributed by atoms with van der Waals surface area (Å²) in [5.41, 5.74) is 2.46. The zero-order chi connectivity index (χ0) is 24.6. The molecule has 1 aromatic carbocycles. The van der Waals surface area contributed by atoms with Crippen molar-refractivity contribution < 1.29 is 23.2 Å². The quantitative estimate of drug-likeness (QED) is 0.273. The average molecular weight is 507 g/mol. The highest BCUT2D eigenvalue weighted by Crippen LogP contribution is 2.20. The normalized spacial score (nSPS) is 14.8. The van der Waals surface area contributed by atoms with Gasteiger partial charge in [-0.25, -0.2) is 23.4 Å². The van der Waals surface area contributed by atoms with Crippen molar-refractivity contribution in [3.8, 4) is 0 Å². The van der Waals surface area contributed by atoms with Gasteiger partial charge in [0.1, 0.15) is 0 Å². The fraction of sp³-hybridized carbons (Fsp3) is 0.391. The van der Waals surface area contributed by atoms with Gasteiger partial charge in [0.25, 0.3) is 15.9 Å². The first-order chi connectivity index (χ1) is 16.3.